The highest BCUT2D eigenvalue weighted by atomic mass is 32.2. The molecule has 0 aromatic rings. The molecule has 0 amide bonds. The summed E-state index contributed by atoms with van der Waals surface area (Å²) in [5.41, 5.74) is -0.223. The molecule has 2 atom stereocenters. The van der Waals surface area contributed by atoms with E-state index in [1.807, 2.05) is 0 Å². The van der Waals surface area contributed by atoms with Crippen molar-refractivity contribution in [2.45, 2.75) is 80.7 Å². The number of nitrogens with zero attached hydrogens (tertiary/aromatic N) is 1. The molecule has 2 nitrogen and oxygen atoms in total. The molecule has 0 bridgehead atoms. The van der Waals surface area contributed by atoms with E-state index in [0.717, 1.165) is 24.6 Å². The lowest BCUT2D eigenvalue weighted by atomic mass is 9.82. The number of hydrogen-bond donors (Lipinski definition) is 1. The van der Waals surface area contributed by atoms with Crippen molar-refractivity contribution in [3.63, 3.8) is 0 Å². The summed E-state index contributed by atoms with van der Waals surface area (Å²) in [7, 11) is 0. The van der Waals surface area contributed by atoms with Crippen molar-refractivity contribution in [1.29, 1.82) is 5.26 Å². The summed E-state index contributed by atoms with van der Waals surface area (Å²) >= 11 is 2.19. The van der Waals surface area contributed by atoms with E-state index in [1.54, 1.807) is 0 Å². The molecule has 2 aliphatic carbocycles. The average molecular weight is 266 g/mol. The average Bonchev–Trinajstić information content (AvgIpc) is 2.41. The zero-order valence-corrected chi connectivity index (χ0v) is 12.4. The minimum absolute atomic E-state index is 0.223. The van der Waals surface area contributed by atoms with Crippen LogP contribution in [0.3, 0.4) is 0 Å². The Labute approximate surface area is 116 Å². The second-order valence-electron chi connectivity index (χ2n) is 5.84. The van der Waals surface area contributed by atoms with Crippen LogP contribution in [-0.2, 0) is 0 Å². The quantitative estimate of drug-likeness (QED) is 0.839. The Morgan fingerprint density at radius 3 is 2.56 bits per heavy atom. The first-order valence-electron chi connectivity index (χ1n) is 7.60. The van der Waals surface area contributed by atoms with Gasteiger partial charge in [-0.3, -0.25) is 5.32 Å². The highest BCUT2D eigenvalue weighted by Crippen LogP contribution is 2.40. The van der Waals surface area contributed by atoms with Gasteiger partial charge in [-0.25, -0.2) is 0 Å². The van der Waals surface area contributed by atoms with Crippen LogP contribution in [0.1, 0.15) is 64.7 Å². The van der Waals surface area contributed by atoms with E-state index < -0.39 is 0 Å². The van der Waals surface area contributed by atoms with Crippen LogP contribution in [0, 0.1) is 11.3 Å². The Hall–Kier alpha value is -0.200. The van der Waals surface area contributed by atoms with Crippen molar-refractivity contribution in [1.82, 2.24) is 5.32 Å². The van der Waals surface area contributed by atoms with Gasteiger partial charge in [0, 0.05) is 10.5 Å². The van der Waals surface area contributed by atoms with Crippen LogP contribution < -0.4 is 5.32 Å². The Kier molecular flexibility index (Phi) is 5.38. The van der Waals surface area contributed by atoms with E-state index in [1.165, 1.54) is 44.9 Å². The van der Waals surface area contributed by atoms with E-state index in [4.69, 9.17) is 0 Å². The molecule has 0 aromatic carbocycles. The topological polar surface area (TPSA) is 35.8 Å². The molecule has 2 rings (SSSR count). The Bertz CT molecular complexity index is 289. The highest BCUT2D eigenvalue weighted by molar-refractivity contribution is 8.00. The SMILES string of the molecule is CCNC1(C#N)CCCC(SC2CCCCC2)C1. The summed E-state index contributed by atoms with van der Waals surface area (Å²) in [4.78, 5) is 0. The van der Waals surface area contributed by atoms with Crippen LogP contribution in [0.5, 0.6) is 0 Å². The summed E-state index contributed by atoms with van der Waals surface area (Å²) in [5.74, 6) is 0. The van der Waals surface area contributed by atoms with Crippen LogP contribution in [0.25, 0.3) is 0 Å². The molecule has 2 aliphatic rings. The lowest BCUT2D eigenvalue weighted by Gasteiger charge is -2.37. The molecule has 0 heterocycles. The van der Waals surface area contributed by atoms with Gasteiger partial charge in [0.05, 0.1) is 6.07 Å². The monoisotopic (exact) mass is 266 g/mol. The first-order chi connectivity index (χ1) is 8.78. The molecule has 1 N–H and O–H groups in total. The van der Waals surface area contributed by atoms with Gasteiger partial charge in [0.2, 0.25) is 0 Å². The molecule has 0 aliphatic heterocycles. The van der Waals surface area contributed by atoms with Crippen LogP contribution >= 0.6 is 11.8 Å². The van der Waals surface area contributed by atoms with Gasteiger partial charge < -0.3 is 0 Å². The fraction of sp³-hybridized carbons (Fsp3) is 0.933. The van der Waals surface area contributed by atoms with Gasteiger partial charge in [-0.15, -0.1) is 0 Å². The van der Waals surface area contributed by atoms with Crippen molar-refractivity contribution in [2.75, 3.05) is 6.54 Å². The second kappa shape index (κ2) is 6.82. The van der Waals surface area contributed by atoms with E-state index in [9.17, 15) is 5.26 Å². The Morgan fingerprint density at radius 2 is 1.89 bits per heavy atom. The maximum absolute atomic E-state index is 9.47. The molecule has 102 valence electrons. The van der Waals surface area contributed by atoms with Gasteiger partial charge in [-0.1, -0.05) is 26.2 Å². The molecular weight excluding hydrogens is 240 g/mol. The van der Waals surface area contributed by atoms with Gasteiger partial charge in [-0.05, 0) is 45.1 Å². The lowest BCUT2D eigenvalue weighted by molar-refractivity contribution is 0.309. The molecule has 2 fully saturated rings. The van der Waals surface area contributed by atoms with E-state index in [-0.39, 0.29) is 5.54 Å². The number of nitriles is 1. The smallest absolute Gasteiger partial charge is 0.107 e. The van der Waals surface area contributed by atoms with Crippen molar-refractivity contribution in [2.24, 2.45) is 0 Å². The van der Waals surface area contributed by atoms with E-state index >= 15 is 0 Å². The van der Waals surface area contributed by atoms with Gasteiger partial charge in [0.25, 0.3) is 0 Å². The summed E-state index contributed by atoms with van der Waals surface area (Å²) in [6.45, 7) is 3.02. The summed E-state index contributed by atoms with van der Waals surface area (Å²) in [5, 5.41) is 14.5. The first-order valence-corrected chi connectivity index (χ1v) is 8.54. The summed E-state index contributed by atoms with van der Waals surface area (Å²) in [6.07, 6.45) is 11.7. The molecule has 3 heteroatoms. The van der Waals surface area contributed by atoms with Crippen LogP contribution in [0.4, 0.5) is 0 Å². The normalized spacial score (nSPS) is 34.1. The van der Waals surface area contributed by atoms with Crippen molar-refractivity contribution >= 4 is 11.8 Å². The van der Waals surface area contributed by atoms with Crippen LogP contribution in [0.2, 0.25) is 0 Å². The Morgan fingerprint density at radius 1 is 1.17 bits per heavy atom. The molecule has 2 saturated carbocycles. The van der Waals surface area contributed by atoms with Crippen molar-refractivity contribution in [3.8, 4) is 6.07 Å². The van der Waals surface area contributed by atoms with Crippen LogP contribution in [-0.4, -0.2) is 22.6 Å². The molecular formula is C15H26N2S. The molecule has 0 spiro atoms. The predicted octanol–water partition coefficient (Wildman–Crippen LogP) is 3.87. The third-order valence-corrected chi connectivity index (χ3v) is 6.02. The molecule has 18 heavy (non-hydrogen) atoms. The van der Waals surface area contributed by atoms with Crippen molar-refractivity contribution < 1.29 is 0 Å². The minimum Gasteiger partial charge on any atom is -0.300 e. The van der Waals surface area contributed by atoms with Gasteiger partial charge in [0.15, 0.2) is 0 Å². The number of rotatable bonds is 4. The second-order valence-corrected chi connectivity index (χ2v) is 7.44. The maximum atomic E-state index is 9.47. The molecule has 0 saturated heterocycles. The Balaban J connectivity index is 1.87. The third kappa shape index (κ3) is 3.65. The van der Waals surface area contributed by atoms with Gasteiger partial charge >= 0.3 is 0 Å². The van der Waals surface area contributed by atoms with Crippen LogP contribution in [0.15, 0.2) is 0 Å². The van der Waals surface area contributed by atoms with Gasteiger partial charge in [-0.2, -0.15) is 17.0 Å². The highest BCUT2D eigenvalue weighted by Gasteiger charge is 2.36. The summed E-state index contributed by atoms with van der Waals surface area (Å²) in [6, 6.07) is 2.56. The molecule has 0 aromatic heterocycles. The number of hydrogen-bond acceptors (Lipinski definition) is 3. The minimum atomic E-state index is -0.223. The van der Waals surface area contributed by atoms with E-state index in [0.29, 0.717) is 5.25 Å². The standard InChI is InChI=1S/C15H26N2S/c1-2-17-15(12-16)10-6-9-14(11-15)18-13-7-4-3-5-8-13/h13-14,17H,2-11H2,1H3. The number of nitrogens with one attached hydrogen (secondary N) is 1. The molecule has 2 unspecified atom stereocenters. The zero-order valence-electron chi connectivity index (χ0n) is 11.6. The third-order valence-electron chi connectivity index (χ3n) is 4.37. The fourth-order valence-electron chi connectivity index (χ4n) is 3.45. The zero-order chi connectivity index (χ0) is 12.8. The van der Waals surface area contributed by atoms with Crippen molar-refractivity contribution in [3.05, 3.63) is 0 Å². The molecule has 0 radical (unpaired) electrons. The predicted molar refractivity (Wildman–Crippen MR) is 78.7 cm³/mol. The fourth-order valence-corrected chi connectivity index (χ4v) is 5.29. The maximum Gasteiger partial charge on any atom is 0.107 e. The van der Waals surface area contributed by atoms with E-state index in [2.05, 4.69) is 30.1 Å². The van der Waals surface area contributed by atoms with Gasteiger partial charge in [0.1, 0.15) is 5.54 Å². The summed E-state index contributed by atoms with van der Waals surface area (Å²) < 4.78 is 0. The largest absolute Gasteiger partial charge is 0.300 e. The number of thioether (sulfide) groups is 1. The first kappa shape index (κ1) is 14.2. The lowest BCUT2D eigenvalue weighted by Crippen LogP contribution is -2.48.